The van der Waals surface area contributed by atoms with Crippen LogP contribution in [-0.4, -0.2) is 16.1 Å². The van der Waals surface area contributed by atoms with Gasteiger partial charge >= 0.3 is 0 Å². The summed E-state index contributed by atoms with van der Waals surface area (Å²) in [5.41, 5.74) is 0. The van der Waals surface area contributed by atoms with Gasteiger partial charge in [-0.1, -0.05) is 62.8 Å². The lowest BCUT2D eigenvalue weighted by Crippen LogP contribution is -2.33. The molecular formula is C10H22Si2. The van der Waals surface area contributed by atoms with Gasteiger partial charge in [0, 0.05) is 0 Å². The molecule has 0 N–H and O–H groups in total. The fraction of sp³-hybridized carbons (Fsp3) is 0.600. The van der Waals surface area contributed by atoms with Crippen LogP contribution in [0.4, 0.5) is 0 Å². The Kier molecular flexibility index (Phi) is 2.78. The first-order valence-corrected chi connectivity index (χ1v) is 11.4. The van der Waals surface area contributed by atoms with Crippen LogP contribution in [0.3, 0.4) is 0 Å². The van der Waals surface area contributed by atoms with Crippen LogP contribution in [0.2, 0.25) is 39.3 Å². The molecule has 0 aliphatic rings. The Morgan fingerprint density at radius 3 is 1.33 bits per heavy atom. The smallest absolute Gasteiger partial charge is 0.0766 e. The maximum Gasteiger partial charge on any atom is 0.0766 e. The molecule has 0 saturated heterocycles. The second-order valence-corrected chi connectivity index (χ2v) is 15.5. The lowest BCUT2D eigenvalue weighted by molar-refractivity contribution is 1.58. The predicted molar refractivity (Wildman–Crippen MR) is 65.0 cm³/mol. The summed E-state index contributed by atoms with van der Waals surface area (Å²) >= 11 is 0. The van der Waals surface area contributed by atoms with E-state index in [2.05, 4.69) is 45.9 Å². The normalized spacial score (nSPS) is 15.8. The van der Waals surface area contributed by atoms with Gasteiger partial charge in [0.1, 0.15) is 0 Å². The van der Waals surface area contributed by atoms with Crippen LogP contribution in [0, 0.1) is 0 Å². The van der Waals surface area contributed by atoms with E-state index >= 15 is 0 Å². The van der Waals surface area contributed by atoms with E-state index in [1.807, 2.05) is 0 Å². The quantitative estimate of drug-likeness (QED) is 0.478. The Hall–Kier alpha value is -0.0862. The van der Waals surface area contributed by atoms with Gasteiger partial charge in [-0.25, -0.2) is 0 Å². The molecular weight excluding hydrogens is 176 g/mol. The molecule has 0 rings (SSSR count). The summed E-state index contributed by atoms with van der Waals surface area (Å²) in [6, 6.07) is 0. The van der Waals surface area contributed by atoms with E-state index in [0.717, 1.165) is 0 Å². The molecule has 0 saturated carbocycles. The number of allylic oxidation sites excluding steroid dienone is 2. The Balaban J connectivity index is 4.97. The average molecular weight is 199 g/mol. The van der Waals surface area contributed by atoms with Gasteiger partial charge in [-0.15, -0.1) is 0 Å². The van der Waals surface area contributed by atoms with Crippen molar-refractivity contribution < 1.29 is 1.37 Å². The Labute approximate surface area is 80.8 Å². The van der Waals surface area contributed by atoms with Crippen molar-refractivity contribution in [1.82, 2.24) is 0 Å². The maximum absolute atomic E-state index is 7.46. The number of hydrogen-bond acceptors (Lipinski definition) is 0. The molecule has 0 nitrogen and oxygen atoms in total. The molecule has 0 aromatic heterocycles. The predicted octanol–water partition coefficient (Wildman–Crippen LogP) is 3.85. The molecule has 0 heterocycles. The Morgan fingerprint density at radius 1 is 0.917 bits per heavy atom. The van der Waals surface area contributed by atoms with E-state index in [9.17, 15) is 0 Å². The van der Waals surface area contributed by atoms with E-state index in [4.69, 9.17) is 1.37 Å². The SMILES string of the molecule is [2H]C=C(C(=C)[Si](C)(C)C)[Si](C)(C)C. The first kappa shape index (κ1) is 10.00. The van der Waals surface area contributed by atoms with Gasteiger partial charge in [0.15, 0.2) is 0 Å². The summed E-state index contributed by atoms with van der Waals surface area (Å²) in [4.78, 5) is 0. The highest BCUT2D eigenvalue weighted by molar-refractivity contribution is 6.91. The molecule has 70 valence electrons. The first-order chi connectivity index (χ1) is 5.60. The van der Waals surface area contributed by atoms with Gasteiger partial charge in [-0.05, 0) is 0 Å². The molecule has 0 spiro atoms. The number of hydrogen-bond donors (Lipinski definition) is 0. The molecule has 2 heteroatoms. The molecule has 0 radical (unpaired) electrons. The highest BCUT2D eigenvalue weighted by Gasteiger charge is 2.27. The third-order valence-electron chi connectivity index (χ3n) is 2.04. The third kappa shape index (κ3) is 3.11. The zero-order valence-corrected chi connectivity index (χ0v) is 11.3. The second kappa shape index (κ2) is 3.34. The lowest BCUT2D eigenvalue weighted by atomic mass is 10.6. The van der Waals surface area contributed by atoms with Gasteiger partial charge < -0.3 is 0 Å². The van der Waals surface area contributed by atoms with Crippen LogP contribution in [0.15, 0.2) is 23.5 Å². The van der Waals surface area contributed by atoms with Gasteiger partial charge in [-0.2, -0.15) is 0 Å². The van der Waals surface area contributed by atoms with Crippen molar-refractivity contribution in [2.75, 3.05) is 0 Å². The van der Waals surface area contributed by atoms with Crippen LogP contribution in [-0.2, 0) is 0 Å². The van der Waals surface area contributed by atoms with Crippen molar-refractivity contribution in [1.29, 1.82) is 0 Å². The molecule has 0 aliphatic heterocycles. The molecule has 0 aliphatic carbocycles. The summed E-state index contributed by atoms with van der Waals surface area (Å²) < 4.78 is 7.46. The minimum atomic E-state index is -1.35. The molecule has 0 fully saturated rings. The highest BCUT2D eigenvalue weighted by Crippen LogP contribution is 2.26. The van der Waals surface area contributed by atoms with Crippen LogP contribution < -0.4 is 0 Å². The molecule has 0 bridgehead atoms. The molecule has 0 aromatic carbocycles. The van der Waals surface area contributed by atoms with Crippen LogP contribution in [0.1, 0.15) is 1.37 Å². The highest BCUT2D eigenvalue weighted by atomic mass is 28.3. The fourth-order valence-electron chi connectivity index (χ4n) is 0.857. The Bertz CT molecular complexity index is 228. The zero-order chi connectivity index (χ0) is 10.9. The second-order valence-electron chi connectivity index (χ2n) is 5.39. The van der Waals surface area contributed by atoms with E-state index in [-0.39, 0.29) is 0 Å². The minimum absolute atomic E-state index is 1.24. The van der Waals surface area contributed by atoms with E-state index in [0.29, 0.717) is 0 Å². The summed E-state index contributed by atoms with van der Waals surface area (Å²) in [7, 11) is -2.65. The van der Waals surface area contributed by atoms with Crippen molar-refractivity contribution in [2.45, 2.75) is 39.3 Å². The standard InChI is InChI=1S/C10H22Si2/c1-9(11(3,4)5)10(2)12(6,7)8/h1-2H2,3-8H3/i1D. The summed E-state index contributed by atoms with van der Waals surface area (Å²) in [6.07, 6.45) is 0. The summed E-state index contributed by atoms with van der Waals surface area (Å²) in [5, 5.41) is 2.51. The lowest BCUT2D eigenvalue weighted by Gasteiger charge is -2.28. The van der Waals surface area contributed by atoms with Crippen molar-refractivity contribution in [3.63, 3.8) is 0 Å². The van der Waals surface area contributed by atoms with Crippen LogP contribution >= 0.6 is 0 Å². The van der Waals surface area contributed by atoms with Crippen LogP contribution in [0.5, 0.6) is 0 Å². The van der Waals surface area contributed by atoms with E-state index < -0.39 is 16.1 Å². The molecule has 0 amide bonds. The maximum atomic E-state index is 7.46. The van der Waals surface area contributed by atoms with Gasteiger partial charge in [-0.3, -0.25) is 0 Å². The molecule has 0 atom stereocenters. The van der Waals surface area contributed by atoms with Crippen molar-refractivity contribution >= 4 is 16.1 Å². The molecule has 12 heavy (non-hydrogen) atoms. The monoisotopic (exact) mass is 199 g/mol. The topological polar surface area (TPSA) is 0 Å². The van der Waals surface area contributed by atoms with Crippen molar-refractivity contribution in [3.05, 3.63) is 23.5 Å². The van der Waals surface area contributed by atoms with Gasteiger partial charge in [0.05, 0.1) is 17.5 Å². The van der Waals surface area contributed by atoms with Crippen molar-refractivity contribution in [2.24, 2.45) is 0 Å². The molecule has 0 aromatic rings. The summed E-state index contributed by atoms with van der Waals surface area (Å²) in [5.74, 6) is 0. The third-order valence-corrected chi connectivity index (χ3v) is 6.29. The Morgan fingerprint density at radius 2 is 1.25 bits per heavy atom. The summed E-state index contributed by atoms with van der Waals surface area (Å²) in [6.45, 7) is 19.4. The van der Waals surface area contributed by atoms with Gasteiger partial charge in [0.25, 0.3) is 0 Å². The van der Waals surface area contributed by atoms with E-state index in [1.165, 1.54) is 16.9 Å². The van der Waals surface area contributed by atoms with Crippen molar-refractivity contribution in [3.8, 4) is 0 Å². The fourth-order valence-corrected chi connectivity index (χ4v) is 4.82. The van der Waals surface area contributed by atoms with E-state index in [1.54, 1.807) is 0 Å². The zero-order valence-electron chi connectivity index (χ0n) is 10.3. The molecule has 0 unspecified atom stereocenters. The first-order valence-electron chi connectivity index (χ1n) is 4.97. The number of rotatable bonds is 3. The largest absolute Gasteiger partial charge is 0.0999 e. The van der Waals surface area contributed by atoms with Crippen LogP contribution in [0.25, 0.3) is 0 Å². The average Bonchev–Trinajstić information content (AvgIpc) is 1.83. The minimum Gasteiger partial charge on any atom is -0.0999 e. The van der Waals surface area contributed by atoms with Gasteiger partial charge in [0.2, 0.25) is 0 Å².